The Hall–Kier alpha value is -5.27. The molecule has 0 radical (unpaired) electrons. The van der Waals surface area contributed by atoms with Gasteiger partial charge in [0.1, 0.15) is 0 Å². The lowest BCUT2D eigenvalue weighted by Gasteiger charge is -2.19. The molecule has 0 atom stereocenters. The Morgan fingerprint density at radius 1 is 0.325 bits per heavy atom. The predicted octanol–water partition coefficient (Wildman–Crippen LogP) is 10.7. The summed E-state index contributed by atoms with van der Waals surface area (Å²) < 4.78 is 0. The van der Waals surface area contributed by atoms with Gasteiger partial charge in [0.15, 0.2) is 0 Å². The molecular weight excluding hydrogens is 482 g/mol. The third kappa shape index (κ3) is 3.52. The third-order valence-electron chi connectivity index (χ3n) is 8.15. The summed E-state index contributed by atoms with van der Waals surface area (Å²) in [5.74, 6) is 0. The number of aromatic nitrogens is 1. The van der Waals surface area contributed by atoms with Crippen molar-refractivity contribution < 1.29 is 0 Å². The number of rotatable bonds is 3. The van der Waals surface area contributed by atoms with Gasteiger partial charge in [0.05, 0.1) is 0 Å². The molecule has 0 aliphatic rings. The Morgan fingerprint density at radius 3 is 1.52 bits per heavy atom. The van der Waals surface area contributed by atoms with Crippen LogP contribution >= 0.6 is 0 Å². The lowest BCUT2D eigenvalue weighted by atomic mass is 9.84. The minimum atomic E-state index is 1.18. The van der Waals surface area contributed by atoms with Crippen molar-refractivity contribution in [2.45, 2.75) is 0 Å². The molecule has 1 aromatic heterocycles. The van der Waals surface area contributed by atoms with Crippen molar-refractivity contribution in [2.24, 2.45) is 0 Å². The highest BCUT2D eigenvalue weighted by molar-refractivity contribution is 6.24. The average Bonchev–Trinajstić information content (AvgIpc) is 3.03. The second kappa shape index (κ2) is 9.18. The van der Waals surface area contributed by atoms with E-state index in [1.807, 2.05) is 12.4 Å². The first-order valence-corrected chi connectivity index (χ1v) is 13.7. The number of fused-ring (bicyclic) bond motifs is 4. The van der Waals surface area contributed by atoms with E-state index in [1.165, 1.54) is 76.5 Å². The summed E-state index contributed by atoms with van der Waals surface area (Å²) in [5.41, 5.74) is 7.48. The van der Waals surface area contributed by atoms with Crippen molar-refractivity contribution in [1.29, 1.82) is 0 Å². The van der Waals surface area contributed by atoms with E-state index < -0.39 is 0 Å². The average molecular weight is 508 g/mol. The van der Waals surface area contributed by atoms with Gasteiger partial charge in [-0.05, 0) is 94.7 Å². The van der Waals surface area contributed by atoms with Gasteiger partial charge in [-0.1, -0.05) is 121 Å². The van der Waals surface area contributed by atoms with Crippen molar-refractivity contribution in [3.8, 4) is 33.4 Å². The van der Waals surface area contributed by atoms with E-state index in [4.69, 9.17) is 0 Å². The molecule has 0 aliphatic heterocycles. The van der Waals surface area contributed by atoms with E-state index in [9.17, 15) is 0 Å². The topological polar surface area (TPSA) is 12.9 Å². The van der Waals surface area contributed by atoms with Gasteiger partial charge in [-0.3, -0.25) is 4.98 Å². The first kappa shape index (κ1) is 22.7. The fraction of sp³-hybridized carbons (Fsp3) is 0. The molecule has 0 N–H and O–H groups in total. The van der Waals surface area contributed by atoms with Crippen LogP contribution < -0.4 is 0 Å². The van der Waals surface area contributed by atoms with Crippen molar-refractivity contribution in [3.63, 3.8) is 0 Å². The van der Waals surface area contributed by atoms with Crippen LogP contribution in [0.3, 0.4) is 0 Å². The summed E-state index contributed by atoms with van der Waals surface area (Å²) in [4.78, 5) is 4.23. The maximum Gasteiger partial charge on any atom is 0.0273 e. The SMILES string of the molecule is c1ccc2cc(-c3c4ccccc4c(-c4cccc5c(-c6ccncc6)cccc45)c4ccccc34)ccc2c1. The fourth-order valence-electron chi connectivity index (χ4n) is 6.39. The minimum absolute atomic E-state index is 1.18. The van der Waals surface area contributed by atoms with Crippen LogP contribution in [0.15, 0.2) is 152 Å². The van der Waals surface area contributed by atoms with E-state index >= 15 is 0 Å². The van der Waals surface area contributed by atoms with Gasteiger partial charge in [-0.15, -0.1) is 0 Å². The molecule has 0 unspecified atom stereocenters. The van der Waals surface area contributed by atoms with E-state index in [0.717, 1.165) is 0 Å². The van der Waals surface area contributed by atoms with Gasteiger partial charge in [-0.2, -0.15) is 0 Å². The van der Waals surface area contributed by atoms with Gasteiger partial charge in [-0.25, -0.2) is 0 Å². The smallest absolute Gasteiger partial charge is 0.0273 e. The molecule has 0 bridgehead atoms. The highest BCUT2D eigenvalue weighted by Crippen LogP contribution is 2.46. The standard InChI is InChI=1S/C39H25N/c1-2-10-28-25-29(20-19-26(28)9-1)38-34-11-3-5-13-36(34)39(37-14-6-4-12-35(37)38)33-18-8-16-31-30(15-7-17-32(31)33)27-21-23-40-24-22-27/h1-25H. The van der Waals surface area contributed by atoms with Crippen molar-refractivity contribution in [2.75, 3.05) is 0 Å². The molecule has 40 heavy (non-hydrogen) atoms. The number of benzene rings is 7. The summed E-state index contributed by atoms with van der Waals surface area (Å²) in [6.45, 7) is 0. The van der Waals surface area contributed by atoms with Crippen LogP contribution in [0.25, 0.3) is 76.5 Å². The zero-order valence-electron chi connectivity index (χ0n) is 21.9. The molecule has 0 spiro atoms. The van der Waals surface area contributed by atoms with Crippen LogP contribution in [0.2, 0.25) is 0 Å². The van der Waals surface area contributed by atoms with E-state index in [1.54, 1.807) is 0 Å². The maximum absolute atomic E-state index is 4.23. The lowest BCUT2D eigenvalue weighted by molar-refractivity contribution is 1.33. The number of hydrogen-bond donors (Lipinski definition) is 0. The Labute approximate surface area is 233 Å². The normalized spacial score (nSPS) is 11.5. The zero-order chi connectivity index (χ0) is 26.5. The summed E-state index contributed by atoms with van der Waals surface area (Å²) in [6, 6.07) is 50.8. The largest absolute Gasteiger partial charge is 0.265 e. The van der Waals surface area contributed by atoms with E-state index in [0.29, 0.717) is 0 Å². The highest BCUT2D eigenvalue weighted by atomic mass is 14.6. The van der Waals surface area contributed by atoms with Crippen molar-refractivity contribution >= 4 is 43.1 Å². The fourth-order valence-corrected chi connectivity index (χ4v) is 6.39. The summed E-state index contributed by atoms with van der Waals surface area (Å²) in [7, 11) is 0. The molecule has 0 saturated carbocycles. The molecule has 8 rings (SSSR count). The Balaban J connectivity index is 1.48. The highest BCUT2D eigenvalue weighted by Gasteiger charge is 2.18. The van der Waals surface area contributed by atoms with Crippen molar-refractivity contribution in [3.05, 3.63) is 152 Å². The number of hydrogen-bond acceptors (Lipinski definition) is 1. The first-order chi connectivity index (χ1) is 19.9. The Kier molecular flexibility index (Phi) is 5.21. The van der Waals surface area contributed by atoms with Crippen LogP contribution in [0.4, 0.5) is 0 Å². The summed E-state index contributed by atoms with van der Waals surface area (Å²) in [6.07, 6.45) is 3.73. The predicted molar refractivity (Wildman–Crippen MR) is 171 cm³/mol. The molecular formula is C39H25N. The molecule has 0 aliphatic carbocycles. The van der Waals surface area contributed by atoms with Crippen LogP contribution in [-0.4, -0.2) is 4.98 Å². The molecule has 7 aromatic carbocycles. The zero-order valence-corrected chi connectivity index (χ0v) is 21.9. The van der Waals surface area contributed by atoms with Crippen LogP contribution in [0, 0.1) is 0 Å². The molecule has 1 heterocycles. The third-order valence-corrected chi connectivity index (χ3v) is 8.15. The number of nitrogens with zero attached hydrogens (tertiary/aromatic N) is 1. The molecule has 1 nitrogen and oxygen atoms in total. The van der Waals surface area contributed by atoms with Gasteiger partial charge in [0.25, 0.3) is 0 Å². The molecule has 0 saturated heterocycles. The first-order valence-electron chi connectivity index (χ1n) is 13.7. The molecule has 8 aromatic rings. The molecule has 186 valence electrons. The molecule has 0 amide bonds. The Bertz CT molecular complexity index is 2150. The van der Waals surface area contributed by atoms with Gasteiger partial charge >= 0.3 is 0 Å². The van der Waals surface area contributed by atoms with E-state index in [-0.39, 0.29) is 0 Å². The van der Waals surface area contributed by atoms with Crippen LogP contribution in [0.1, 0.15) is 0 Å². The van der Waals surface area contributed by atoms with Crippen LogP contribution in [-0.2, 0) is 0 Å². The van der Waals surface area contributed by atoms with E-state index in [2.05, 4.69) is 145 Å². The van der Waals surface area contributed by atoms with Gasteiger partial charge < -0.3 is 0 Å². The van der Waals surface area contributed by atoms with Crippen molar-refractivity contribution in [1.82, 2.24) is 4.98 Å². The minimum Gasteiger partial charge on any atom is -0.265 e. The van der Waals surface area contributed by atoms with Gasteiger partial charge in [0, 0.05) is 12.4 Å². The Morgan fingerprint density at radius 2 is 0.850 bits per heavy atom. The maximum atomic E-state index is 4.23. The second-order valence-electron chi connectivity index (χ2n) is 10.3. The van der Waals surface area contributed by atoms with Gasteiger partial charge in [0.2, 0.25) is 0 Å². The summed E-state index contributed by atoms with van der Waals surface area (Å²) in [5, 5.41) is 10.1. The lowest BCUT2D eigenvalue weighted by Crippen LogP contribution is -1.92. The second-order valence-corrected chi connectivity index (χ2v) is 10.3. The quantitative estimate of drug-likeness (QED) is 0.217. The monoisotopic (exact) mass is 507 g/mol. The van der Waals surface area contributed by atoms with Crippen LogP contribution in [0.5, 0.6) is 0 Å². The molecule has 1 heteroatoms. The summed E-state index contributed by atoms with van der Waals surface area (Å²) >= 11 is 0. The molecule has 0 fully saturated rings. The number of pyridine rings is 1.